The Kier molecular flexibility index (Phi) is 6.46. The van der Waals surface area contributed by atoms with Gasteiger partial charge in [-0.2, -0.15) is 0 Å². The summed E-state index contributed by atoms with van der Waals surface area (Å²) in [6, 6.07) is 2.12. The molecule has 0 spiro atoms. The molecule has 1 fully saturated rings. The molecule has 140 valence electrons. The standard InChI is InChI=1S/C19H25N3O3S/c1-20-16-17(19(24)18(16)23)21-7-3-6-10-25-14-11-15(26-13-14)12-22-8-4-2-5-9-22/h3,6,11,13,20-21H,2,4-5,7-10,12H2,1H3/b6-3-. The van der Waals surface area contributed by atoms with E-state index in [1.165, 1.54) is 37.2 Å². The maximum absolute atomic E-state index is 11.4. The number of anilines is 2. The van der Waals surface area contributed by atoms with Gasteiger partial charge in [0.2, 0.25) is 0 Å². The lowest BCUT2D eigenvalue weighted by Crippen LogP contribution is -2.36. The molecule has 0 saturated carbocycles. The SMILES string of the molecule is CNc1c(NC/C=C\COc2csc(CN3CCCCC3)c2)c(=O)c1=O. The summed E-state index contributed by atoms with van der Waals surface area (Å²) in [7, 11) is 1.63. The summed E-state index contributed by atoms with van der Waals surface area (Å²) in [5.41, 5.74) is -0.193. The van der Waals surface area contributed by atoms with Crippen molar-refractivity contribution in [3.05, 3.63) is 48.9 Å². The van der Waals surface area contributed by atoms with Crippen LogP contribution >= 0.6 is 11.3 Å². The van der Waals surface area contributed by atoms with Crippen molar-refractivity contribution in [2.75, 3.05) is 43.9 Å². The van der Waals surface area contributed by atoms with Gasteiger partial charge in [-0.3, -0.25) is 14.5 Å². The predicted octanol–water partition coefficient (Wildman–Crippen LogP) is 2.42. The van der Waals surface area contributed by atoms with Gasteiger partial charge in [0.15, 0.2) is 0 Å². The summed E-state index contributed by atoms with van der Waals surface area (Å²) < 4.78 is 5.74. The van der Waals surface area contributed by atoms with Crippen molar-refractivity contribution in [1.82, 2.24) is 4.90 Å². The summed E-state index contributed by atoms with van der Waals surface area (Å²) in [5, 5.41) is 7.73. The second kappa shape index (κ2) is 9.00. The van der Waals surface area contributed by atoms with Crippen LogP contribution in [0.3, 0.4) is 0 Å². The first-order valence-corrected chi connectivity index (χ1v) is 9.89. The molecule has 0 radical (unpaired) electrons. The van der Waals surface area contributed by atoms with E-state index in [0.29, 0.717) is 24.5 Å². The number of piperidine rings is 1. The first kappa shape index (κ1) is 18.7. The summed E-state index contributed by atoms with van der Waals surface area (Å²) in [6.45, 7) is 4.37. The highest BCUT2D eigenvalue weighted by Gasteiger charge is 2.18. The van der Waals surface area contributed by atoms with Gasteiger partial charge < -0.3 is 15.4 Å². The average molecular weight is 375 g/mol. The molecule has 2 aromatic rings. The Morgan fingerprint density at radius 1 is 1.15 bits per heavy atom. The highest BCUT2D eigenvalue weighted by molar-refractivity contribution is 7.10. The second-order valence-corrected chi connectivity index (χ2v) is 7.40. The monoisotopic (exact) mass is 375 g/mol. The first-order valence-electron chi connectivity index (χ1n) is 9.01. The lowest BCUT2D eigenvalue weighted by Gasteiger charge is -2.25. The third-order valence-corrected chi connectivity index (χ3v) is 5.43. The van der Waals surface area contributed by atoms with E-state index in [4.69, 9.17) is 4.74 Å². The van der Waals surface area contributed by atoms with Crippen molar-refractivity contribution >= 4 is 22.7 Å². The molecular formula is C19H25N3O3S. The van der Waals surface area contributed by atoms with Crippen LogP contribution in [0.15, 0.2) is 33.2 Å². The van der Waals surface area contributed by atoms with Crippen molar-refractivity contribution in [2.24, 2.45) is 0 Å². The Bertz CT molecular complexity index is 814. The molecule has 1 aliphatic rings. The molecule has 1 saturated heterocycles. The fourth-order valence-electron chi connectivity index (χ4n) is 3.11. The maximum atomic E-state index is 11.4. The molecule has 2 N–H and O–H groups in total. The number of nitrogens with one attached hydrogen (secondary N) is 2. The topological polar surface area (TPSA) is 70.7 Å². The van der Waals surface area contributed by atoms with Crippen molar-refractivity contribution in [3.63, 3.8) is 0 Å². The summed E-state index contributed by atoms with van der Waals surface area (Å²) in [4.78, 5) is 26.5. The molecule has 0 bridgehead atoms. The van der Waals surface area contributed by atoms with Gasteiger partial charge >= 0.3 is 0 Å². The third kappa shape index (κ3) is 4.53. The minimum Gasteiger partial charge on any atom is -0.489 e. The van der Waals surface area contributed by atoms with Gasteiger partial charge in [-0.15, -0.1) is 11.3 Å². The van der Waals surface area contributed by atoms with Gasteiger partial charge in [-0.25, -0.2) is 0 Å². The van der Waals surface area contributed by atoms with E-state index in [0.717, 1.165) is 12.3 Å². The van der Waals surface area contributed by atoms with Crippen LogP contribution in [0.1, 0.15) is 24.1 Å². The van der Waals surface area contributed by atoms with E-state index in [2.05, 4.69) is 21.6 Å². The highest BCUT2D eigenvalue weighted by Crippen LogP contribution is 2.24. The minimum atomic E-state index is -0.460. The van der Waals surface area contributed by atoms with Crippen LogP contribution in [0.2, 0.25) is 0 Å². The number of likely N-dealkylation sites (tertiary alicyclic amines) is 1. The molecular weight excluding hydrogens is 350 g/mol. The van der Waals surface area contributed by atoms with E-state index < -0.39 is 10.9 Å². The minimum absolute atomic E-state index is 0.360. The number of thiophene rings is 1. The van der Waals surface area contributed by atoms with Crippen molar-refractivity contribution in [3.8, 4) is 5.75 Å². The largest absolute Gasteiger partial charge is 0.489 e. The Labute approximate surface area is 157 Å². The molecule has 0 aliphatic carbocycles. The number of hydrogen-bond acceptors (Lipinski definition) is 7. The number of nitrogens with zero attached hydrogens (tertiary/aromatic N) is 1. The molecule has 1 aliphatic heterocycles. The zero-order valence-corrected chi connectivity index (χ0v) is 15.9. The molecule has 1 aromatic carbocycles. The van der Waals surface area contributed by atoms with Gasteiger partial charge in [-0.05, 0) is 38.1 Å². The Balaban J connectivity index is 1.37. The van der Waals surface area contributed by atoms with Crippen molar-refractivity contribution in [2.45, 2.75) is 25.8 Å². The summed E-state index contributed by atoms with van der Waals surface area (Å²) in [6.07, 6.45) is 7.76. The average Bonchev–Trinajstić information content (AvgIpc) is 3.11. The van der Waals surface area contributed by atoms with Crippen LogP contribution in [0.5, 0.6) is 5.75 Å². The van der Waals surface area contributed by atoms with E-state index in [1.807, 2.05) is 17.5 Å². The lowest BCUT2D eigenvalue weighted by molar-refractivity contribution is 0.222. The van der Waals surface area contributed by atoms with Crippen LogP contribution < -0.4 is 26.2 Å². The van der Waals surface area contributed by atoms with Crippen LogP contribution in [-0.2, 0) is 6.54 Å². The number of hydrogen-bond donors (Lipinski definition) is 2. The van der Waals surface area contributed by atoms with Gasteiger partial charge in [-0.1, -0.05) is 12.5 Å². The van der Waals surface area contributed by atoms with Crippen LogP contribution in [-0.4, -0.2) is 38.2 Å². The fourth-order valence-corrected chi connectivity index (χ4v) is 3.96. The molecule has 26 heavy (non-hydrogen) atoms. The molecule has 0 atom stereocenters. The zero-order chi connectivity index (χ0) is 18.4. The molecule has 6 nitrogen and oxygen atoms in total. The Morgan fingerprint density at radius 2 is 1.92 bits per heavy atom. The smallest absolute Gasteiger partial charge is 0.253 e. The van der Waals surface area contributed by atoms with Crippen LogP contribution in [0.25, 0.3) is 0 Å². The van der Waals surface area contributed by atoms with E-state index in [1.54, 1.807) is 18.4 Å². The van der Waals surface area contributed by atoms with Crippen LogP contribution in [0, 0.1) is 0 Å². The number of ether oxygens (including phenoxy) is 1. The van der Waals surface area contributed by atoms with Gasteiger partial charge in [0.25, 0.3) is 10.9 Å². The van der Waals surface area contributed by atoms with Crippen LogP contribution in [0.4, 0.5) is 11.4 Å². The third-order valence-electron chi connectivity index (χ3n) is 4.53. The molecule has 2 heterocycles. The lowest BCUT2D eigenvalue weighted by atomic mass is 10.1. The van der Waals surface area contributed by atoms with Crippen molar-refractivity contribution in [1.29, 1.82) is 0 Å². The fraction of sp³-hybridized carbons (Fsp3) is 0.474. The molecule has 0 unspecified atom stereocenters. The maximum Gasteiger partial charge on any atom is 0.253 e. The second-order valence-electron chi connectivity index (χ2n) is 6.41. The highest BCUT2D eigenvalue weighted by atomic mass is 32.1. The van der Waals surface area contributed by atoms with Gasteiger partial charge in [0.05, 0.1) is 0 Å². The zero-order valence-electron chi connectivity index (χ0n) is 15.0. The summed E-state index contributed by atoms with van der Waals surface area (Å²) >= 11 is 1.74. The number of rotatable bonds is 9. The molecule has 3 rings (SSSR count). The quantitative estimate of drug-likeness (QED) is 0.518. The molecule has 1 aromatic heterocycles. The first-order chi connectivity index (χ1) is 12.7. The van der Waals surface area contributed by atoms with E-state index in [9.17, 15) is 9.59 Å². The van der Waals surface area contributed by atoms with Crippen molar-refractivity contribution < 1.29 is 4.74 Å². The van der Waals surface area contributed by atoms with E-state index >= 15 is 0 Å². The normalized spacial score (nSPS) is 15.6. The van der Waals surface area contributed by atoms with Gasteiger partial charge in [0.1, 0.15) is 23.7 Å². The van der Waals surface area contributed by atoms with E-state index in [-0.39, 0.29) is 0 Å². The van der Waals surface area contributed by atoms with Gasteiger partial charge in [0, 0.05) is 30.4 Å². The predicted molar refractivity (Wildman–Crippen MR) is 107 cm³/mol. The summed E-state index contributed by atoms with van der Waals surface area (Å²) in [5.74, 6) is 0.902. The molecule has 0 amide bonds. The Hall–Kier alpha value is -2.12. The Morgan fingerprint density at radius 3 is 2.69 bits per heavy atom. The molecule has 7 heteroatoms.